The Hall–Kier alpha value is -1.54. The summed E-state index contributed by atoms with van der Waals surface area (Å²) in [7, 11) is 1.44. The topological polar surface area (TPSA) is 83.1 Å². The minimum Gasteiger partial charge on any atom is -0.453 e. The first-order valence-corrected chi connectivity index (χ1v) is 11.3. The van der Waals surface area contributed by atoms with Crippen molar-refractivity contribution >= 4 is 12.2 Å². The van der Waals surface area contributed by atoms with E-state index in [9.17, 15) is 9.59 Å². The van der Waals surface area contributed by atoms with Crippen LogP contribution < -0.4 is 10.6 Å². The minimum atomic E-state index is -0.280. The second kappa shape index (κ2) is 9.08. The molecule has 6 atom stereocenters. The molecule has 29 heavy (non-hydrogen) atoms. The zero-order chi connectivity index (χ0) is 20.4. The quantitative estimate of drug-likeness (QED) is 0.725. The standard InChI is InChI=1S/C21H36N4O4/c1-14-13-24(20(26)29-17-4-3-8-22-12-17)19-10-15(16-7-9-23-11-16)5-6-18(19)25(14)21(27)28-2/h14-19,22-23H,3-13H2,1-2H3. The molecule has 8 nitrogen and oxygen atoms in total. The number of piperazine rings is 1. The molecule has 1 aliphatic carbocycles. The zero-order valence-corrected chi connectivity index (χ0v) is 17.8. The van der Waals surface area contributed by atoms with Crippen LogP contribution in [0.2, 0.25) is 0 Å². The van der Waals surface area contributed by atoms with Crippen molar-refractivity contribution in [1.82, 2.24) is 20.4 Å². The molecule has 0 aromatic heterocycles. The number of nitrogens with one attached hydrogen (secondary N) is 2. The molecule has 1 saturated carbocycles. The molecule has 2 amide bonds. The van der Waals surface area contributed by atoms with Gasteiger partial charge in [0, 0.05) is 13.1 Å². The van der Waals surface area contributed by atoms with Gasteiger partial charge in [0.2, 0.25) is 0 Å². The summed E-state index contributed by atoms with van der Waals surface area (Å²) in [4.78, 5) is 29.5. The van der Waals surface area contributed by atoms with Gasteiger partial charge in [0.05, 0.1) is 25.2 Å². The molecular formula is C21H36N4O4. The molecule has 3 aliphatic heterocycles. The van der Waals surface area contributed by atoms with Crippen molar-refractivity contribution in [3.8, 4) is 0 Å². The summed E-state index contributed by atoms with van der Waals surface area (Å²) < 4.78 is 11.0. The van der Waals surface area contributed by atoms with Gasteiger partial charge in [-0.3, -0.25) is 4.90 Å². The van der Waals surface area contributed by atoms with Gasteiger partial charge >= 0.3 is 12.2 Å². The van der Waals surface area contributed by atoms with Crippen molar-refractivity contribution in [2.45, 2.75) is 69.7 Å². The van der Waals surface area contributed by atoms with Crippen molar-refractivity contribution < 1.29 is 19.1 Å². The summed E-state index contributed by atoms with van der Waals surface area (Å²) >= 11 is 0. The minimum absolute atomic E-state index is 0.00806. The molecular weight excluding hydrogens is 372 g/mol. The average molecular weight is 409 g/mol. The van der Waals surface area contributed by atoms with Gasteiger partial charge in [-0.25, -0.2) is 9.59 Å². The van der Waals surface area contributed by atoms with Gasteiger partial charge in [0.15, 0.2) is 0 Å². The zero-order valence-electron chi connectivity index (χ0n) is 17.8. The summed E-state index contributed by atoms with van der Waals surface area (Å²) in [6.07, 6.45) is 5.57. The van der Waals surface area contributed by atoms with E-state index in [1.165, 1.54) is 13.5 Å². The third kappa shape index (κ3) is 4.33. The van der Waals surface area contributed by atoms with E-state index in [0.717, 1.165) is 58.3 Å². The number of amides is 2. The van der Waals surface area contributed by atoms with Crippen molar-refractivity contribution in [2.75, 3.05) is 39.8 Å². The van der Waals surface area contributed by atoms with E-state index in [2.05, 4.69) is 10.6 Å². The van der Waals surface area contributed by atoms with Crippen LogP contribution in [-0.2, 0) is 9.47 Å². The maximum atomic E-state index is 13.2. The number of hydrogen-bond donors (Lipinski definition) is 2. The Morgan fingerprint density at radius 3 is 2.45 bits per heavy atom. The lowest BCUT2D eigenvalue weighted by atomic mass is 9.73. The number of ether oxygens (including phenoxy) is 2. The highest BCUT2D eigenvalue weighted by Gasteiger charge is 2.49. The van der Waals surface area contributed by atoms with Gasteiger partial charge in [0.1, 0.15) is 6.10 Å². The first-order chi connectivity index (χ1) is 14.1. The second-order valence-corrected chi connectivity index (χ2v) is 9.19. The largest absolute Gasteiger partial charge is 0.453 e. The van der Waals surface area contributed by atoms with Gasteiger partial charge in [-0.05, 0) is 76.9 Å². The SMILES string of the molecule is COC(=O)N1C(C)CN(C(=O)OC2CCCNC2)C2CC(C3CCNC3)CCC21. The molecule has 0 aromatic carbocycles. The van der Waals surface area contributed by atoms with E-state index in [-0.39, 0.29) is 36.4 Å². The van der Waals surface area contributed by atoms with Crippen LogP contribution in [0.25, 0.3) is 0 Å². The highest BCUT2D eigenvalue weighted by Crippen LogP contribution is 2.40. The molecule has 0 aromatic rings. The second-order valence-electron chi connectivity index (χ2n) is 9.19. The van der Waals surface area contributed by atoms with Gasteiger partial charge in [-0.15, -0.1) is 0 Å². The molecule has 2 N–H and O–H groups in total. The van der Waals surface area contributed by atoms with Crippen molar-refractivity contribution in [2.24, 2.45) is 11.8 Å². The number of carbonyl (C=O) groups is 2. The first-order valence-electron chi connectivity index (χ1n) is 11.3. The summed E-state index contributed by atoms with van der Waals surface area (Å²) in [5.74, 6) is 1.26. The number of methoxy groups -OCH3 is 1. The number of rotatable bonds is 2. The van der Waals surface area contributed by atoms with Gasteiger partial charge in [-0.2, -0.15) is 0 Å². The number of carbonyl (C=O) groups excluding carboxylic acids is 2. The Kier molecular flexibility index (Phi) is 6.49. The molecule has 0 radical (unpaired) electrons. The predicted octanol–water partition coefficient (Wildman–Crippen LogP) is 1.79. The molecule has 164 valence electrons. The van der Waals surface area contributed by atoms with Crippen LogP contribution in [0, 0.1) is 11.8 Å². The smallest absolute Gasteiger partial charge is 0.410 e. The normalized spacial score (nSPS) is 37.7. The van der Waals surface area contributed by atoms with Crippen LogP contribution in [0.15, 0.2) is 0 Å². The van der Waals surface area contributed by atoms with Crippen LogP contribution in [0.1, 0.15) is 45.4 Å². The first kappa shape index (κ1) is 20.7. The van der Waals surface area contributed by atoms with Crippen LogP contribution in [0.3, 0.4) is 0 Å². The van der Waals surface area contributed by atoms with E-state index in [4.69, 9.17) is 9.47 Å². The monoisotopic (exact) mass is 408 g/mol. The fourth-order valence-electron chi connectivity index (χ4n) is 5.93. The summed E-state index contributed by atoms with van der Waals surface area (Å²) in [5.41, 5.74) is 0. The number of nitrogens with zero attached hydrogens (tertiary/aromatic N) is 2. The third-order valence-electron chi connectivity index (χ3n) is 7.42. The van der Waals surface area contributed by atoms with Gasteiger partial charge in [0.25, 0.3) is 0 Å². The Bertz CT molecular complexity index is 591. The molecule has 6 unspecified atom stereocenters. The molecule has 0 bridgehead atoms. The van der Waals surface area contributed by atoms with Crippen LogP contribution >= 0.6 is 0 Å². The van der Waals surface area contributed by atoms with Gasteiger partial charge in [-0.1, -0.05) is 0 Å². The molecule has 4 rings (SSSR count). The number of fused-ring (bicyclic) bond motifs is 1. The number of hydrogen-bond acceptors (Lipinski definition) is 6. The summed E-state index contributed by atoms with van der Waals surface area (Å²) in [6.45, 7) is 6.38. The van der Waals surface area contributed by atoms with E-state index in [1.54, 1.807) is 0 Å². The Morgan fingerprint density at radius 2 is 1.76 bits per heavy atom. The molecule has 0 spiro atoms. The van der Waals surface area contributed by atoms with Crippen LogP contribution in [-0.4, -0.2) is 86.0 Å². The summed E-state index contributed by atoms with van der Waals surface area (Å²) in [5, 5.41) is 6.79. The van der Waals surface area contributed by atoms with Gasteiger partial charge < -0.3 is 25.0 Å². The highest BCUT2D eigenvalue weighted by molar-refractivity contribution is 5.72. The van der Waals surface area contributed by atoms with Crippen LogP contribution in [0.4, 0.5) is 9.59 Å². The maximum absolute atomic E-state index is 13.2. The lowest BCUT2D eigenvalue weighted by molar-refractivity contribution is -0.0480. The molecule has 3 saturated heterocycles. The van der Waals surface area contributed by atoms with Crippen LogP contribution in [0.5, 0.6) is 0 Å². The van der Waals surface area contributed by atoms with E-state index < -0.39 is 0 Å². The Labute approximate surface area is 173 Å². The molecule has 8 heteroatoms. The Balaban J connectivity index is 1.51. The van der Waals surface area contributed by atoms with Crippen molar-refractivity contribution in [3.63, 3.8) is 0 Å². The third-order valence-corrected chi connectivity index (χ3v) is 7.42. The highest BCUT2D eigenvalue weighted by atomic mass is 16.6. The van der Waals surface area contributed by atoms with E-state index >= 15 is 0 Å². The number of piperidine rings is 1. The van der Waals surface area contributed by atoms with Crippen molar-refractivity contribution in [1.29, 1.82) is 0 Å². The van der Waals surface area contributed by atoms with E-state index in [0.29, 0.717) is 18.4 Å². The van der Waals surface area contributed by atoms with E-state index in [1.807, 2.05) is 16.7 Å². The molecule has 3 heterocycles. The lowest BCUT2D eigenvalue weighted by Crippen LogP contribution is -2.67. The fourth-order valence-corrected chi connectivity index (χ4v) is 5.93. The van der Waals surface area contributed by atoms with Crippen molar-refractivity contribution in [3.05, 3.63) is 0 Å². The molecule has 4 aliphatic rings. The predicted molar refractivity (Wildman–Crippen MR) is 109 cm³/mol. The maximum Gasteiger partial charge on any atom is 0.410 e. The molecule has 4 fully saturated rings. The fraction of sp³-hybridized carbons (Fsp3) is 0.905. The average Bonchev–Trinajstić information content (AvgIpc) is 3.28. The lowest BCUT2D eigenvalue weighted by Gasteiger charge is -2.53. The Morgan fingerprint density at radius 1 is 0.931 bits per heavy atom. The summed E-state index contributed by atoms with van der Waals surface area (Å²) in [6, 6.07) is -0.0621.